The number of nitrogens with one attached hydrogen (secondary N) is 1. The van der Waals surface area contributed by atoms with Crippen molar-refractivity contribution in [3.05, 3.63) is 42.2 Å². The molecule has 1 heterocycles. The van der Waals surface area contributed by atoms with E-state index in [4.69, 9.17) is 0 Å². The number of carbonyl (C=O) groups excluding carboxylic acids is 1. The van der Waals surface area contributed by atoms with E-state index < -0.39 is 6.10 Å². The Balaban J connectivity index is 2.04. The number of hydrogen-bond donors (Lipinski definition) is 2. The molecule has 2 atom stereocenters. The summed E-state index contributed by atoms with van der Waals surface area (Å²) in [6, 6.07) is 9.33. The Morgan fingerprint density at radius 2 is 2.05 bits per heavy atom. The van der Waals surface area contributed by atoms with Crippen molar-refractivity contribution in [2.24, 2.45) is 0 Å². The van der Waals surface area contributed by atoms with E-state index in [1.807, 2.05) is 37.3 Å². The van der Waals surface area contributed by atoms with E-state index in [1.54, 1.807) is 17.8 Å². The Morgan fingerprint density at radius 3 is 2.70 bits per heavy atom. The van der Waals surface area contributed by atoms with Gasteiger partial charge in [-0.1, -0.05) is 23.4 Å². The van der Waals surface area contributed by atoms with Crippen molar-refractivity contribution in [2.75, 3.05) is 0 Å². The lowest BCUT2D eigenvalue weighted by Gasteiger charge is -2.14. The number of nitrogens with zero attached hydrogens (tertiary/aromatic N) is 3. The van der Waals surface area contributed by atoms with Crippen molar-refractivity contribution >= 4 is 5.91 Å². The molecule has 0 radical (unpaired) electrons. The normalized spacial score (nSPS) is 13.8. The molecule has 0 saturated carbocycles. The third-order valence-corrected chi connectivity index (χ3v) is 2.82. The van der Waals surface area contributed by atoms with Gasteiger partial charge in [-0.05, 0) is 32.4 Å². The number of aliphatic hydroxyl groups excluding tert-OH is 1. The Kier molecular flexibility index (Phi) is 4.47. The molecule has 2 unspecified atom stereocenters. The molecule has 0 saturated heterocycles. The van der Waals surface area contributed by atoms with E-state index in [2.05, 4.69) is 15.6 Å². The van der Waals surface area contributed by atoms with Gasteiger partial charge in [-0.25, -0.2) is 4.68 Å². The van der Waals surface area contributed by atoms with Crippen LogP contribution >= 0.6 is 0 Å². The van der Waals surface area contributed by atoms with Gasteiger partial charge in [0.05, 0.1) is 18.0 Å². The molecular formula is C14H18N4O2. The molecule has 0 aliphatic carbocycles. The molecule has 20 heavy (non-hydrogen) atoms. The molecule has 0 fully saturated rings. The lowest BCUT2D eigenvalue weighted by Crippen LogP contribution is -2.34. The third kappa shape index (κ3) is 3.64. The summed E-state index contributed by atoms with van der Waals surface area (Å²) in [5.74, 6) is -0.291. The Labute approximate surface area is 117 Å². The lowest BCUT2D eigenvalue weighted by molar-refractivity contribution is 0.0918. The van der Waals surface area contributed by atoms with Crippen molar-refractivity contribution in [3.63, 3.8) is 0 Å². The first-order valence-corrected chi connectivity index (χ1v) is 6.53. The molecule has 2 N–H and O–H groups in total. The van der Waals surface area contributed by atoms with Crippen molar-refractivity contribution in [2.45, 2.75) is 32.4 Å². The number of hydrogen-bond acceptors (Lipinski definition) is 4. The zero-order chi connectivity index (χ0) is 14.5. The van der Waals surface area contributed by atoms with Crippen LogP contribution in [0.25, 0.3) is 5.69 Å². The second-order valence-corrected chi connectivity index (χ2v) is 4.84. The second-order valence-electron chi connectivity index (χ2n) is 4.84. The molecule has 1 aromatic carbocycles. The quantitative estimate of drug-likeness (QED) is 0.857. The Hall–Kier alpha value is -2.21. The first-order valence-electron chi connectivity index (χ1n) is 6.53. The van der Waals surface area contributed by atoms with Crippen molar-refractivity contribution < 1.29 is 9.90 Å². The predicted molar refractivity (Wildman–Crippen MR) is 74.6 cm³/mol. The monoisotopic (exact) mass is 274 g/mol. The highest BCUT2D eigenvalue weighted by atomic mass is 16.3. The van der Waals surface area contributed by atoms with E-state index in [-0.39, 0.29) is 17.6 Å². The molecule has 1 aromatic heterocycles. The lowest BCUT2D eigenvalue weighted by atomic mass is 10.1. The highest BCUT2D eigenvalue weighted by molar-refractivity contribution is 5.92. The SMILES string of the molecule is CC(O)CC(C)NC(=O)c1cn(-c2ccccc2)nn1. The van der Waals surface area contributed by atoms with Crippen LogP contribution < -0.4 is 5.32 Å². The van der Waals surface area contributed by atoms with Crippen LogP contribution in [0, 0.1) is 0 Å². The number of aliphatic hydroxyl groups is 1. The van der Waals surface area contributed by atoms with Crippen LogP contribution in [0.3, 0.4) is 0 Å². The van der Waals surface area contributed by atoms with E-state index >= 15 is 0 Å². The highest BCUT2D eigenvalue weighted by Gasteiger charge is 2.15. The van der Waals surface area contributed by atoms with Crippen LogP contribution in [0.5, 0.6) is 0 Å². The van der Waals surface area contributed by atoms with Gasteiger partial charge in [0.1, 0.15) is 0 Å². The van der Waals surface area contributed by atoms with Crippen LogP contribution in [-0.2, 0) is 0 Å². The zero-order valence-electron chi connectivity index (χ0n) is 11.5. The first-order chi connectivity index (χ1) is 9.56. The molecule has 2 rings (SSSR count). The van der Waals surface area contributed by atoms with Crippen molar-refractivity contribution in [3.8, 4) is 5.69 Å². The average Bonchev–Trinajstić information content (AvgIpc) is 2.88. The van der Waals surface area contributed by atoms with Crippen molar-refractivity contribution in [1.29, 1.82) is 0 Å². The number of amides is 1. The van der Waals surface area contributed by atoms with Gasteiger partial charge < -0.3 is 10.4 Å². The van der Waals surface area contributed by atoms with Gasteiger partial charge in [0.15, 0.2) is 5.69 Å². The molecule has 1 amide bonds. The Morgan fingerprint density at radius 1 is 1.35 bits per heavy atom. The second kappa shape index (κ2) is 6.29. The van der Waals surface area contributed by atoms with Crippen LogP contribution in [0.4, 0.5) is 0 Å². The number of para-hydroxylation sites is 1. The molecule has 6 nitrogen and oxygen atoms in total. The van der Waals surface area contributed by atoms with Crippen LogP contribution in [-0.4, -0.2) is 38.2 Å². The topological polar surface area (TPSA) is 80.0 Å². The van der Waals surface area contributed by atoms with Crippen LogP contribution in [0.1, 0.15) is 30.8 Å². The van der Waals surface area contributed by atoms with Gasteiger partial charge in [0.25, 0.3) is 5.91 Å². The van der Waals surface area contributed by atoms with E-state index in [9.17, 15) is 9.90 Å². The van der Waals surface area contributed by atoms with Gasteiger partial charge in [0.2, 0.25) is 0 Å². The molecular weight excluding hydrogens is 256 g/mol. The molecule has 106 valence electrons. The molecule has 6 heteroatoms. The number of carbonyl (C=O) groups is 1. The minimum absolute atomic E-state index is 0.121. The maximum Gasteiger partial charge on any atom is 0.273 e. The summed E-state index contributed by atoms with van der Waals surface area (Å²) in [6.07, 6.45) is 1.63. The fraction of sp³-hybridized carbons (Fsp3) is 0.357. The molecule has 0 aliphatic heterocycles. The minimum atomic E-state index is -0.453. The van der Waals surface area contributed by atoms with Crippen LogP contribution in [0.2, 0.25) is 0 Å². The summed E-state index contributed by atoms with van der Waals surface area (Å²) in [5.41, 5.74) is 1.10. The number of benzene rings is 1. The first kappa shape index (κ1) is 14.2. The van der Waals surface area contributed by atoms with Gasteiger partial charge in [-0.15, -0.1) is 5.10 Å². The molecule has 0 spiro atoms. The average molecular weight is 274 g/mol. The summed E-state index contributed by atoms with van der Waals surface area (Å²) >= 11 is 0. The summed E-state index contributed by atoms with van der Waals surface area (Å²) < 4.78 is 1.55. The molecule has 2 aromatic rings. The zero-order valence-corrected chi connectivity index (χ0v) is 11.5. The van der Waals surface area contributed by atoms with Crippen LogP contribution in [0.15, 0.2) is 36.5 Å². The van der Waals surface area contributed by atoms with E-state index in [1.165, 1.54) is 0 Å². The van der Waals surface area contributed by atoms with E-state index in [0.717, 1.165) is 5.69 Å². The smallest absolute Gasteiger partial charge is 0.273 e. The van der Waals surface area contributed by atoms with E-state index in [0.29, 0.717) is 6.42 Å². The number of rotatable bonds is 5. The summed E-state index contributed by atoms with van der Waals surface area (Å²) in [5, 5.41) is 19.8. The summed E-state index contributed by atoms with van der Waals surface area (Å²) in [7, 11) is 0. The standard InChI is InChI=1S/C14H18N4O2/c1-10(8-11(2)19)15-14(20)13-9-18(17-16-13)12-6-4-3-5-7-12/h3-7,9-11,19H,8H2,1-2H3,(H,15,20). The molecule has 0 bridgehead atoms. The van der Waals surface area contributed by atoms with Gasteiger partial charge in [0, 0.05) is 6.04 Å². The maximum absolute atomic E-state index is 12.0. The number of aromatic nitrogens is 3. The van der Waals surface area contributed by atoms with Gasteiger partial charge >= 0.3 is 0 Å². The maximum atomic E-state index is 12.0. The Bertz CT molecular complexity index is 566. The van der Waals surface area contributed by atoms with Gasteiger partial charge in [-0.2, -0.15) is 0 Å². The fourth-order valence-electron chi connectivity index (χ4n) is 1.94. The van der Waals surface area contributed by atoms with Gasteiger partial charge in [-0.3, -0.25) is 4.79 Å². The third-order valence-electron chi connectivity index (χ3n) is 2.82. The molecule has 0 aliphatic rings. The highest BCUT2D eigenvalue weighted by Crippen LogP contribution is 2.06. The largest absolute Gasteiger partial charge is 0.393 e. The predicted octanol–water partition coefficient (Wildman–Crippen LogP) is 1.16. The summed E-state index contributed by atoms with van der Waals surface area (Å²) in [4.78, 5) is 12.0. The minimum Gasteiger partial charge on any atom is -0.393 e. The van der Waals surface area contributed by atoms with Crippen molar-refractivity contribution in [1.82, 2.24) is 20.3 Å². The fourth-order valence-corrected chi connectivity index (χ4v) is 1.94. The summed E-state index contributed by atoms with van der Waals surface area (Å²) in [6.45, 7) is 3.53.